The Balaban J connectivity index is 0.00000208. The molecule has 0 bridgehead atoms. The van der Waals surface area contributed by atoms with E-state index < -0.39 is 0 Å². The molecule has 0 spiro atoms. The molecule has 1 aromatic heterocycles. The summed E-state index contributed by atoms with van der Waals surface area (Å²) in [5.74, 6) is -0.179. The highest BCUT2D eigenvalue weighted by Gasteiger charge is 2.18. The molecule has 1 aliphatic rings. The number of nitrogens with one attached hydrogen (secondary N) is 2. The standard InChI is InChI=1S/C16H16BrN3O3.ClH/c17-14-5-4-13(23-14)15(21)19-12-3-1-2-11(10-12)16(22)20-8-6-18-7-9-20;/h1-5,10,18H,6-9H2,(H,19,21);1H. The molecule has 3 rings (SSSR count). The van der Waals surface area contributed by atoms with E-state index in [9.17, 15) is 9.59 Å². The van der Waals surface area contributed by atoms with Crippen molar-refractivity contribution in [2.24, 2.45) is 0 Å². The third kappa shape index (κ3) is 4.37. The van der Waals surface area contributed by atoms with Crippen LogP contribution in [0.2, 0.25) is 0 Å². The second kappa shape index (κ2) is 8.32. The van der Waals surface area contributed by atoms with Crippen molar-refractivity contribution in [3.63, 3.8) is 0 Å². The number of anilines is 1. The Kier molecular flexibility index (Phi) is 6.42. The number of carbonyl (C=O) groups excluding carboxylic acids is 2. The number of benzene rings is 1. The number of nitrogens with zero attached hydrogens (tertiary/aromatic N) is 1. The van der Waals surface area contributed by atoms with Gasteiger partial charge in [-0.2, -0.15) is 0 Å². The first-order valence-corrected chi connectivity index (χ1v) is 8.09. The zero-order chi connectivity index (χ0) is 16.2. The lowest BCUT2D eigenvalue weighted by Crippen LogP contribution is -2.46. The zero-order valence-electron chi connectivity index (χ0n) is 12.8. The van der Waals surface area contributed by atoms with E-state index in [1.807, 2.05) is 0 Å². The molecule has 2 amide bonds. The van der Waals surface area contributed by atoms with Crippen molar-refractivity contribution in [1.82, 2.24) is 10.2 Å². The number of hydrogen-bond acceptors (Lipinski definition) is 4. The molecule has 1 aliphatic heterocycles. The first-order valence-electron chi connectivity index (χ1n) is 7.30. The predicted octanol–water partition coefficient (Wildman–Crippen LogP) is 2.76. The number of rotatable bonds is 3. The van der Waals surface area contributed by atoms with Crippen LogP contribution >= 0.6 is 28.3 Å². The second-order valence-electron chi connectivity index (χ2n) is 5.18. The number of carbonyl (C=O) groups is 2. The van der Waals surface area contributed by atoms with E-state index in [4.69, 9.17) is 4.42 Å². The smallest absolute Gasteiger partial charge is 0.291 e. The van der Waals surface area contributed by atoms with Crippen LogP contribution in [0.3, 0.4) is 0 Å². The van der Waals surface area contributed by atoms with E-state index in [2.05, 4.69) is 26.6 Å². The van der Waals surface area contributed by atoms with Gasteiger partial charge in [-0.25, -0.2) is 0 Å². The summed E-state index contributed by atoms with van der Waals surface area (Å²) in [6, 6.07) is 10.2. The van der Waals surface area contributed by atoms with Gasteiger partial charge in [0, 0.05) is 37.4 Å². The third-order valence-corrected chi connectivity index (χ3v) is 3.99. The van der Waals surface area contributed by atoms with Crippen molar-refractivity contribution in [2.45, 2.75) is 0 Å². The van der Waals surface area contributed by atoms with Gasteiger partial charge >= 0.3 is 0 Å². The van der Waals surface area contributed by atoms with Crippen LogP contribution in [0.1, 0.15) is 20.9 Å². The number of hydrogen-bond donors (Lipinski definition) is 2. The molecule has 8 heteroatoms. The van der Waals surface area contributed by atoms with Crippen molar-refractivity contribution >= 4 is 45.8 Å². The van der Waals surface area contributed by atoms with Gasteiger partial charge in [0.15, 0.2) is 10.4 Å². The van der Waals surface area contributed by atoms with E-state index in [1.54, 1.807) is 41.3 Å². The normalized spacial score (nSPS) is 14.0. The highest BCUT2D eigenvalue weighted by Crippen LogP contribution is 2.17. The maximum Gasteiger partial charge on any atom is 0.291 e. The van der Waals surface area contributed by atoms with Gasteiger partial charge in [0.1, 0.15) is 0 Å². The average Bonchev–Trinajstić information content (AvgIpc) is 3.02. The highest BCUT2D eigenvalue weighted by atomic mass is 79.9. The highest BCUT2D eigenvalue weighted by molar-refractivity contribution is 9.10. The number of amides is 2. The minimum Gasteiger partial charge on any atom is -0.444 e. The number of furan rings is 1. The lowest BCUT2D eigenvalue weighted by Gasteiger charge is -2.27. The zero-order valence-corrected chi connectivity index (χ0v) is 15.2. The molecule has 2 heterocycles. The van der Waals surface area contributed by atoms with Crippen molar-refractivity contribution in [2.75, 3.05) is 31.5 Å². The summed E-state index contributed by atoms with van der Waals surface area (Å²) in [5.41, 5.74) is 1.12. The summed E-state index contributed by atoms with van der Waals surface area (Å²) in [5, 5.41) is 5.95. The molecule has 24 heavy (non-hydrogen) atoms. The largest absolute Gasteiger partial charge is 0.444 e. The summed E-state index contributed by atoms with van der Waals surface area (Å²) in [6.45, 7) is 2.98. The molecular formula is C16H17BrClN3O3. The Hall–Kier alpha value is -1.83. The van der Waals surface area contributed by atoms with Crippen LogP contribution < -0.4 is 10.6 Å². The topological polar surface area (TPSA) is 74.6 Å². The van der Waals surface area contributed by atoms with Gasteiger partial charge in [0.25, 0.3) is 11.8 Å². The summed E-state index contributed by atoms with van der Waals surface area (Å²) in [6.07, 6.45) is 0. The average molecular weight is 415 g/mol. The predicted molar refractivity (Wildman–Crippen MR) is 96.8 cm³/mol. The Morgan fingerprint density at radius 3 is 2.58 bits per heavy atom. The van der Waals surface area contributed by atoms with Crippen LogP contribution in [0.15, 0.2) is 45.5 Å². The molecule has 0 unspecified atom stereocenters. The Labute approximate surface area is 154 Å². The molecule has 6 nitrogen and oxygen atoms in total. The number of piperazine rings is 1. The lowest BCUT2D eigenvalue weighted by molar-refractivity contribution is 0.0735. The first-order chi connectivity index (χ1) is 11.1. The van der Waals surface area contributed by atoms with Gasteiger partial charge in [-0.05, 0) is 46.3 Å². The molecule has 1 fully saturated rings. The summed E-state index contributed by atoms with van der Waals surface area (Å²) < 4.78 is 5.70. The maximum absolute atomic E-state index is 12.5. The van der Waals surface area contributed by atoms with Crippen LogP contribution in [0.25, 0.3) is 0 Å². The van der Waals surface area contributed by atoms with Gasteiger partial charge < -0.3 is 20.0 Å². The van der Waals surface area contributed by atoms with Crippen LogP contribution in [0.4, 0.5) is 5.69 Å². The molecule has 2 N–H and O–H groups in total. The molecule has 2 aromatic rings. The van der Waals surface area contributed by atoms with E-state index >= 15 is 0 Å². The van der Waals surface area contributed by atoms with Crippen molar-refractivity contribution in [1.29, 1.82) is 0 Å². The molecular weight excluding hydrogens is 398 g/mol. The van der Waals surface area contributed by atoms with E-state index in [0.717, 1.165) is 13.1 Å². The van der Waals surface area contributed by atoms with Crippen molar-refractivity contribution in [3.05, 3.63) is 52.4 Å². The molecule has 1 saturated heterocycles. The third-order valence-electron chi connectivity index (χ3n) is 3.57. The number of halogens is 2. The molecule has 128 valence electrons. The molecule has 0 aliphatic carbocycles. The van der Waals surface area contributed by atoms with Crippen LogP contribution in [0, 0.1) is 0 Å². The van der Waals surface area contributed by atoms with Crippen molar-refractivity contribution < 1.29 is 14.0 Å². The van der Waals surface area contributed by atoms with Crippen LogP contribution in [-0.2, 0) is 0 Å². The van der Waals surface area contributed by atoms with Gasteiger partial charge in [-0.1, -0.05) is 6.07 Å². The minimum atomic E-state index is -0.359. The molecule has 1 aromatic carbocycles. The second-order valence-corrected chi connectivity index (χ2v) is 5.96. The molecule has 0 saturated carbocycles. The van der Waals surface area contributed by atoms with Gasteiger partial charge in [0.05, 0.1) is 0 Å². The Morgan fingerprint density at radius 2 is 1.92 bits per heavy atom. The van der Waals surface area contributed by atoms with E-state index in [1.165, 1.54) is 0 Å². The summed E-state index contributed by atoms with van der Waals surface area (Å²) in [7, 11) is 0. The SMILES string of the molecule is Cl.O=C(Nc1cccc(C(=O)N2CCNCC2)c1)c1ccc(Br)o1. The molecule has 0 atom stereocenters. The first kappa shape index (κ1) is 18.5. The van der Waals surface area contributed by atoms with Crippen molar-refractivity contribution in [3.8, 4) is 0 Å². The Morgan fingerprint density at radius 1 is 1.17 bits per heavy atom. The fraction of sp³-hybridized carbons (Fsp3) is 0.250. The molecule has 0 radical (unpaired) electrons. The lowest BCUT2D eigenvalue weighted by atomic mass is 10.1. The quantitative estimate of drug-likeness (QED) is 0.810. The monoisotopic (exact) mass is 413 g/mol. The maximum atomic E-state index is 12.5. The van der Waals surface area contributed by atoms with E-state index in [-0.39, 0.29) is 30.0 Å². The van der Waals surface area contributed by atoms with E-state index in [0.29, 0.717) is 29.0 Å². The summed E-state index contributed by atoms with van der Waals surface area (Å²) >= 11 is 3.16. The fourth-order valence-electron chi connectivity index (χ4n) is 2.41. The van der Waals surface area contributed by atoms with Gasteiger partial charge in [-0.15, -0.1) is 12.4 Å². The van der Waals surface area contributed by atoms with Gasteiger partial charge in [-0.3, -0.25) is 9.59 Å². The fourth-order valence-corrected chi connectivity index (χ4v) is 2.72. The Bertz CT molecular complexity index is 729. The van der Waals surface area contributed by atoms with Crippen LogP contribution in [-0.4, -0.2) is 42.9 Å². The van der Waals surface area contributed by atoms with Crippen LogP contribution in [0.5, 0.6) is 0 Å². The minimum absolute atomic E-state index is 0. The summed E-state index contributed by atoms with van der Waals surface area (Å²) in [4.78, 5) is 26.4. The van der Waals surface area contributed by atoms with Gasteiger partial charge in [0.2, 0.25) is 0 Å².